The Bertz CT molecular complexity index is 390. The van der Waals surface area contributed by atoms with E-state index in [2.05, 4.69) is 12.2 Å². The second-order valence-electron chi connectivity index (χ2n) is 5.16. The third-order valence-corrected chi connectivity index (χ3v) is 3.61. The third-order valence-electron chi connectivity index (χ3n) is 3.61. The predicted octanol–water partition coefficient (Wildman–Crippen LogP) is 3.68. The van der Waals surface area contributed by atoms with Crippen LogP contribution in [0.1, 0.15) is 44.2 Å². The zero-order valence-corrected chi connectivity index (χ0v) is 11.2. The molecular formula is C15H22FNO. The van der Waals surface area contributed by atoms with E-state index in [1.54, 1.807) is 12.1 Å². The average molecular weight is 251 g/mol. The molecule has 1 aliphatic carbocycles. The van der Waals surface area contributed by atoms with Gasteiger partial charge < -0.3 is 10.1 Å². The summed E-state index contributed by atoms with van der Waals surface area (Å²) in [5, 5.41) is 3.44. The second kappa shape index (κ2) is 6.19. The van der Waals surface area contributed by atoms with Crippen LogP contribution in [-0.2, 0) is 0 Å². The molecule has 100 valence electrons. The first kappa shape index (κ1) is 13.3. The van der Waals surface area contributed by atoms with Crippen LogP contribution in [0.2, 0.25) is 0 Å². The summed E-state index contributed by atoms with van der Waals surface area (Å²) in [7, 11) is 1.48. The Labute approximate surface area is 109 Å². The lowest BCUT2D eigenvalue weighted by Gasteiger charge is -2.15. The maximum Gasteiger partial charge on any atom is 0.165 e. The molecule has 2 nitrogen and oxygen atoms in total. The van der Waals surface area contributed by atoms with Gasteiger partial charge in [0.05, 0.1) is 7.11 Å². The molecule has 1 atom stereocenters. The Kier molecular flexibility index (Phi) is 4.59. The van der Waals surface area contributed by atoms with Crippen LogP contribution in [0.15, 0.2) is 18.2 Å². The van der Waals surface area contributed by atoms with Crippen LogP contribution < -0.4 is 10.1 Å². The predicted molar refractivity (Wildman–Crippen MR) is 71.3 cm³/mol. The molecule has 1 aromatic rings. The van der Waals surface area contributed by atoms with Crippen LogP contribution in [-0.4, -0.2) is 13.7 Å². The minimum Gasteiger partial charge on any atom is -0.494 e. The van der Waals surface area contributed by atoms with Gasteiger partial charge in [-0.25, -0.2) is 4.39 Å². The Morgan fingerprint density at radius 3 is 2.83 bits per heavy atom. The van der Waals surface area contributed by atoms with Crippen LogP contribution >= 0.6 is 0 Å². The highest BCUT2D eigenvalue weighted by molar-refractivity contribution is 5.30. The molecule has 0 spiro atoms. The van der Waals surface area contributed by atoms with E-state index in [0.29, 0.717) is 5.75 Å². The highest BCUT2D eigenvalue weighted by Crippen LogP contribution is 2.33. The second-order valence-corrected chi connectivity index (χ2v) is 5.16. The molecule has 1 aromatic carbocycles. The van der Waals surface area contributed by atoms with E-state index in [9.17, 15) is 4.39 Å². The smallest absolute Gasteiger partial charge is 0.165 e. The number of ether oxygens (including phenoxy) is 1. The first-order valence-electron chi connectivity index (χ1n) is 6.77. The summed E-state index contributed by atoms with van der Waals surface area (Å²) in [5.41, 5.74) is 0.972. The van der Waals surface area contributed by atoms with Crippen LogP contribution in [0, 0.1) is 11.7 Å². The number of hydrogen-bond donors (Lipinski definition) is 1. The monoisotopic (exact) mass is 251 g/mol. The van der Waals surface area contributed by atoms with Crippen molar-refractivity contribution in [2.24, 2.45) is 5.92 Å². The van der Waals surface area contributed by atoms with Gasteiger partial charge in [0.1, 0.15) is 0 Å². The average Bonchev–Trinajstić information content (AvgIpc) is 3.18. The number of benzene rings is 1. The fourth-order valence-corrected chi connectivity index (χ4v) is 2.19. The molecule has 0 saturated heterocycles. The van der Waals surface area contributed by atoms with Crippen LogP contribution in [0.25, 0.3) is 0 Å². The standard InChI is InChI=1S/C15H22FNO/c1-11(17-9-3-4-12-5-6-12)13-7-8-15(18-2)14(16)10-13/h7-8,10-12,17H,3-6,9H2,1-2H3. The van der Waals surface area contributed by atoms with Gasteiger partial charge in [0.15, 0.2) is 11.6 Å². The van der Waals surface area contributed by atoms with E-state index in [1.165, 1.54) is 32.8 Å². The number of hydrogen-bond acceptors (Lipinski definition) is 2. The Hall–Kier alpha value is -1.09. The van der Waals surface area contributed by atoms with Gasteiger partial charge in [0, 0.05) is 6.04 Å². The zero-order chi connectivity index (χ0) is 13.0. The van der Waals surface area contributed by atoms with Crippen molar-refractivity contribution in [3.63, 3.8) is 0 Å². The molecule has 0 radical (unpaired) electrons. The molecule has 2 rings (SSSR count). The van der Waals surface area contributed by atoms with Gasteiger partial charge in [-0.1, -0.05) is 18.9 Å². The SMILES string of the molecule is COc1ccc(C(C)NCCCC2CC2)cc1F. The van der Waals surface area contributed by atoms with E-state index in [0.717, 1.165) is 18.0 Å². The Balaban J connectivity index is 1.79. The maximum atomic E-state index is 13.6. The Morgan fingerprint density at radius 2 is 2.22 bits per heavy atom. The van der Waals surface area contributed by atoms with Gasteiger partial charge in [0.25, 0.3) is 0 Å². The van der Waals surface area contributed by atoms with Gasteiger partial charge in [-0.2, -0.15) is 0 Å². The summed E-state index contributed by atoms with van der Waals surface area (Å²) in [4.78, 5) is 0. The normalized spacial score (nSPS) is 16.6. The minimum absolute atomic E-state index is 0.185. The molecular weight excluding hydrogens is 229 g/mol. The molecule has 0 aliphatic heterocycles. The van der Waals surface area contributed by atoms with Crippen molar-refractivity contribution in [1.29, 1.82) is 0 Å². The van der Waals surface area contributed by atoms with Crippen molar-refractivity contribution >= 4 is 0 Å². The van der Waals surface area contributed by atoms with Crippen LogP contribution in [0.4, 0.5) is 4.39 Å². The molecule has 1 unspecified atom stereocenters. The lowest BCUT2D eigenvalue weighted by Crippen LogP contribution is -2.20. The van der Waals surface area contributed by atoms with Crippen molar-refractivity contribution in [3.8, 4) is 5.75 Å². The van der Waals surface area contributed by atoms with Crippen LogP contribution in [0.3, 0.4) is 0 Å². The molecule has 1 saturated carbocycles. The molecule has 0 amide bonds. The summed E-state index contributed by atoms with van der Waals surface area (Å²) in [5.74, 6) is 1.00. The van der Waals surface area contributed by atoms with Gasteiger partial charge in [-0.15, -0.1) is 0 Å². The lowest BCUT2D eigenvalue weighted by molar-refractivity contribution is 0.385. The van der Waals surface area contributed by atoms with Crippen LogP contribution in [0.5, 0.6) is 5.75 Å². The van der Waals surface area contributed by atoms with Crippen molar-refractivity contribution < 1.29 is 9.13 Å². The molecule has 1 aliphatic rings. The van der Waals surface area contributed by atoms with E-state index in [1.807, 2.05) is 6.07 Å². The summed E-state index contributed by atoms with van der Waals surface area (Å²) in [6, 6.07) is 5.34. The van der Waals surface area contributed by atoms with Gasteiger partial charge in [0.2, 0.25) is 0 Å². The molecule has 0 aromatic heterocycles. The Morgan fingerprint density at radius 1 is 1.44 bits per heavy atom. The molecule has 18 heavy (non-hydrogen) atoms. The van der Waals surface area contributed by atoms with Crippen molar-refractivity contribution in [2.75, 3.05) is 13.7 Å². The number of halogens is 1. The summed E-state index contributed by atoms with van der Waals surface area (Å²) in [6.07, 6.45) is 5.38. The van der Waals surface area contributed by atoms with Crippen molar-refractivity contribution in [2.45, 2.75) is 38.6 Å². The van der Waals surface area contributed by atoms with E-state index in [4.69, 9.17) is 4.74 Å². The fourth-order valence-electron chi connectivity index (χ4n) is 2.19. The van der Waals surface area contributed by atoms with E-state index in [-0.39, 0.29) is 11.9 Å². The highest BCUT2D eigenvalue weighted by atomic mass is 19.1. The highest BCUT2D eigenvalue weighted by Gasteiger charge is 2.20. The van der Waals surface area contributed by atoms with Gasteiger partial charge in [-0.05, 0) is 49.9 Å². The summed E-state index contributed by atoms with van der Waals surface area (Å²) in [6.45, 7) is 3.07. The molecule has 0 bridgehead atoms. The fraction of sp³-hybridized carbons (Fsp3) is 0.600. The zero-order valence-electron chi connectivity index (χ0n) is 11.2. The molecule has 3 heteroatoms. The first-order chi connectivity index (χ1) is 8.70. The van der Waals surface area contributed by atoms with E-state index >= 15 is 0 Å². The number of nitrogens with one attached hydrogen (secondary N) is 1. The summed E-state index contributed by atoms with van der Waals surface area (Å²) >= 11 is 0. The van der Waals surface area contributed by atoms with Gasteiger partial charge in [-0.3, -0.25) is 0 Å². The molecule has 1 fully saturated rings. The third kappa shape index (κ3) is 3.70. The molecule has 0 heterocycles. The largest absolute Gasteiger partial charge is 0.494 e. The quantitative estimate of drug-likeness (QED) is 0.746. The van der Waals surface area contributed by atoms with E-state index < -0.39 is 0 Å². The van der Waals surface area contributed by atoms with Gasteiger partial charge >= 0.3 is 0 Å². The summed E-state index contributed by atoms with van der Waals surface area (Å²) < 4.78 is 18.5. The number of methoxy groups -OCH3 is 1. The van der Waals surface area contributed by atoms with Crippen molar-refractivity contribution in [1.82, 2.24) is 5.32 Å². The number of rotatable bonds is 7. The first-order valence-corrected chi connectivity index (χ1v) is 6.77. The van der Waals surface area contributed by atoms with Crippen molar-refractivity contribution in [3.05, 3.63) is 29.6 Å². The lowest BCUT2D eigenvalue weighted by atomic mass is 10.1. The maximum absolute atomic E-state index is 13.6. The topological polar surface area (TPSA) is 21.3 Å². The molecule has 1 N–H and O–H groups in total. The minimum atomic E-state index is -0.290.